The Labute approximate surface area is 157 Å². The number of hydrogen-bond donors (Lipinski definition) is 0. The molecule has 0 heterocycles. The van der Waals surface area contributed by atoms with Gasteiger partial charge in [0, 0.05) is 5.92 Å². The van der Waals surface area contributed by atoms with Crippen LogP contribution >= 0.6 is 0 Å². The largest absolute Gasteiger partial charge is 0.303 e. The summed E-state index contributed by atoms with van der Waals surface area (Å²) >= 11 is 0. The van der Waals surface area contributed by atoms with Crippen molar-refractivity contribution in [3.8, 4) is 0 Å². The Bertz CT molecular complexity index is 332. The summed E-state index contributed by atoms with van der Waals surface area (Å²) in [5.41, 5.74) is 0. The van der Waals surface area contributed by atoms with Crippen LogP contribution in [0.25, 0.3) is 0 Å². The van der Waals surface area contributed by atoms with Crippen molar-refractivity contribution in [1.29, 1.82) is 0 Å². The van der Waals surface area contributed by atoms with Gasteiger partial charge in [-0.15, -0.1) is 0 Å². The van der Waals surface area contributed by atoms with Gasteiger partial charge >= 0.3 is 0 Å². The van der Waals surface area contributed by atoms with Gasteiger partial charge in [-0.25, -0.2) is 0 Å². The van der Waals surface area contributed by atoms with Gasteiger partial charge in [-0.1, -0.05) is 71.6 Å². The van der Waals surface area contributed by atoms with E-state index in [-0.39, 0.29) is 0 Å². The third kappa shape index (κ3) is 8.74. The second-order valence-electron chi connectivity index (χ2n) is 9.75. The van der Waals surface area contributed by atoms with E-state index < -0.39 is 0 Å². The van der Waals surface area contributed by atoms with E-state index in [4.69, 9.17) is 0 Å². The number of aldehydes is 1. The molecule has 1 heteroatoms. The van der Waals surface area contributed by atoms with Crippen molar-refractivity contribution >= 4 is 6.29 Å². The van der Waals surface area contributed by atoms with Crippen LogP contribution in [-0.2, 0) is 4.79 Å². The average molecular weight is 349 g/mol. The Kier molecular flexibility index (Phi) is 10.2. The molecule has 0 N–H and O–H groups in total. The zero-order valence-corrected chi connectivity index (χ0v) is 17.2. The second-order valence-corrected chi connectivity index (χ2v) is 9.75. The maximum atomic E-state index is 10.8. The summed E-state index contributed by atoms with van der Waals surface area (Å²) in [4.78, 5) is 10.8. The maximum Gasteiger partial charge on any atom is 0.123 e. The summed E-state index contributed by atoms with van der Waals surface area (Å²) in [6, 6.07) is 0. The summed E-state index contributed by atoms with van der Waals surface area (Å²) in [6.07, 6.45) is 23.7. The van der Waals surface area contributed by atoms with E-state index in [1.807, 2.05) is 0 Å². The first-order valence-corrected chi connectivity index (χ1v) is 11.6. The van der Waals surface area contributed by atoms with Crippen molar-refractivity contribution in [2.75, 3.05) is 0 Å². The van der Waals surface area contributed by atoms with E-state index in [1.165, 1.54) is 96.2 Å². The Balaban J connectivity index is 1.36. The van der Waals surface area contributed by atoms with Crippen LogP contribution in [0.1, 0.15) is 117 Å². The van der Waals surface area contributed by atoms with Gasteiger partial charge in [-0.05, 0) is 68.6 Å². The second kappa shape index (κ2) is 12.1. The molecule has 0 aromatic carbocycles. The molecule has 1 nitrogen and oxygen atoms in total. The topological polar surface area (TPSA) is 17.1 Å². The number of hydrogen-bond acceptors (Lipinski definition) is 1. The van der Waals surface area contributed by atoms with Gasteiger partial charge in [0.2, 0.25) is 0 Å². The quantitative estimate of drug-likeness (QED) is 0.278. The van der Waals surface area contributed by atoms with Crippen LogP contribution < -0.4 is 0 Å². The van der Waals surface area contributed by atoms with Crippen LogP contribution in [0.4, 0.5) is 0 Å². The molecule has 2 saturated carbocycles. The summed E-state index contributed by atoms with van der Waals surface area (Å²) in [6.45, 7) is 4.91. The van der Waals surface area contributed by atoms with Gasteiger partial charge in [0.1, 0.15) is 6.29 Å². The Morgan fingerprint density at radius 2 is 1.12 bits per heavy atom. The van der Waals surface area contributed by atoms with Crippen molar-refractivity contribution in [3.05, 3.63) is 0 Å². The summed E-state index contributed by atoms with van der Waals surface area (Å²) in [7, 11) is 0. The van der Waals surface area contributed by atoms with Crippen LogP contribution in [0, 0.1) is 29.6 Å². The van der Waals surface area contributed by atoms with Crippen molar-refractivity contribution in [3.63, 3.8) is 0 Å². The molecule has 2 atom stereocenters. The monoisotopic (exact) mass is 348 g/mol. The van der Waals surface area contributed by atoms with Crippen LogP contribution in [-0.4, -0.2) is 6.29 Å². The summed E-state index contributed by atoms with van der Waals surface area (Å²) in [5, 5.41) is 0. The van der Waals surface area contributed by atoms with E-state index >= 15 is 0 Å². The molecule has 2 unspecified atom stereocenters. The molecule has 2 aliphatic rings. The first-order chi connectivity index (χ1) is 12.2. The minimum atomic E-state index is 0.385. The van der Waals surface area contributed by atoms with Crippen LogP contribution in [0.15, 0.2) is 0 Å². The fraction of sp³-hybridized carbons (Fsp3) is 0.958. The molecule has 0 bridgehead atoms. The highest BCUT2D eigenvalue weighted by molar-refractivity contribution is 5.53. The normalized spacial score (nSPS) is 33.3. The van der Waals surface area contributed by atoms with Crippen LogP contribution in [0.5, 0.6) is 0 Å². The van der Waals surface area contributed by atoms with E-state index in [0.717, 1.165) is 36.5 Å². The summed E-state index contributed by atoms with van der Waals surface area (Å²) < 4.78 is 0. The molecule has 0 amide bonds. The predicted octanol–water partition coefficient (Wildman–Crippen LogP) is 7.57. The fourth-order valence-corrected chi connectivity index (χ4v) is 5.71. The number of unbranched alkanes of at least 4 members (excludes halogenated alkanes) is 6. The molecule has 2 rings (SSSR count). The molecule has 25 heavy (non-hydrogen) atoms. The minimum Gasteiger partial charge on any atom is -0.303 e. The highest BCUT2D eigenvalue weighted by Crippen LogP contribution is 2.35. The predicted molar refractivity (Wildman–Crippen MR) is 109 cm³/mol. The average Bonchev–Trinajstić information content (AvgIpc) is 2.60. The molecule has 2 fully saturated rings. The molecule has 2 aliphatic carbocycles. The molecule has 0 spiro atoms. The van der Waals surface area contributed by atoms with Gasteiger partial charge in [-0.2, -0.15) is 0 Å². The lowest BCUT2D eigenvalue weighted by Crippen LogP contribution is -2.19. The number of carbonyl (C=O) groups excluding carboxylic acids is 1. The van der Waals surface area contributed by atoms with Gasteiger partial charge in [0.25, 0.3) is 0 Å². The van der Waals surface area contributed by atoms with E-state index in [9.17, 15) is 4.79 Å². The molecule has 0 saturated heterocycles. The highest BCUT2D eigenvalue weighted by Gasteiger charge is 2.23. The van der Waals surface area contributed by atoms with Gasteiger partial charge in [0.05, 0.1) is 0 Å². The van der Waals surface area contributed by atoms with E-state index in [2.05, 4.69) is 13.8 Å². The van der Waals surface area contributed by atoms with E-state index in [1.54, 1.807) is 0 Å². The number of carbonyl (C=O) groups is 1. The molecule has 0 radical (unpaired) electrons. The Hall–Kier alpha value is -0.330. The Morgan fingerprint density at radius 3 is 1.64 bits per heavy atom. The number of rotatable bonds is 11. The molecule has 146 valence electrons. The molecule has 0 aromatic rings. The van der Waals surface area contributed by atoms with Gasteiger partial charge in [-0.3, -0.25) is 0 Å². The fourth-order valence-electron chi connectivity index (χ4n) is 5.71. The summed E-state index contributed by atoms with van der Waals surface area (Å²) in [5.74, 6) is 4.30. The highest BCUT2D eigenvalue weighted by atomic mass is 16.1. The first-order valence-electron chi connectivity index (χ1n) is 11.6. The lowest BCUT2D eigenvalue weighted by Gasteiger charge is -2.31. The van der Waals surface area contributed by atoms with Crippen molar-refractivity contribution in [1.82, 2.24) is 0 Å². The minimum absolute atomic E-state index is 0.385. The lowest BCUT2D eigenvalue weighted by atomic mass is 9.75. The third-order valence-electron chi connectivity index (χ3n) is 7.08. The van der Waals surface area contributed by atoms with E-state index in [0.29, 0.717) is 5.92 Å². The third-order valence-corrected chi connectivity index (χ3v) is 7.08. The van der Waals surface area contributed by atoms with Gasteiger partial charge < -0.3 is 4.79 Å². The smallest absolute Gasteiger partial charge is 0.123 e. The van der Waals surface area contributed by atoms with Crippen molar-refractivity contribution < 1.29 is 4.79 Å². The zero-order chi connectivity index (χ0) is 17.9. The van der Waals surface area contributed by atoms with Crippen molar-refractivity contribution in [2.24, 2.45) is 29.6 Å². The zero-order valence-electron chi connectivity index (χ0n) is 17.2. The maximum absolute atomic E-state index is 10.8. The molecular weight excluding hydrogens is 304 g/mol. The standard InChI is InChI=1S/C24H44O/c1-20-16-21(2)18-24(17-20)11-9-7-5-3-4-6-8-10-22-12-14-23(19-25)15-13-22/h19-24H,3-18H2,1-2H3. The van der Waals surface area contributed by atoms with Crippen LogP contribution in [0.3, 0.4) is 0 Å². The molecule has 0 aliphatic heterocycles. The lowest BCUT2D eigenvalue weighted by molar-refractivity contribution is -0.112. The van der Waals surface area contributed by atoms with Crippen LogP contribution in [0.2, 0.25) is 0 Å². The first kappa shape index (κ1) is 21.0. The SMILES string of the molecule is CC1CC(C)CC(CCCCCCCCCC2CCC(C=O)CC2)C1. The molecular formula is C24H44O. The Morgan fingerprint density at radius 1 is 0.640 bits per heavy atom. The van der Waals surface area contributed by atoms with Gasteiger partial charge in [0.15, 0.2) is 0 Å². The molecule has 0 aromatic heterocycles. The van der Waals surface area contributed by atoms with Crippen molar-refractivity contribution in [2.45, 2.75) is 117 Å².